The zero-order valence-electron chi connectivity index (χ0n) is 11.2. The van der Waals surface area contributed by atoms with E-state index in [-0.39, 0.29) is 0 Å². The Morgan fingerprint density at radius 2 is 1.89 bits per heavy atom. The maximum atomic E-state index is 12.3. The second kappa shape index (κ2) is 7.09. The summed E-state index contributed by atoms with van der Waals surface area (Å²) in [4.78, 5) is 13.5. The van der Waals surface area contributed by atoms with Crippen LogP contribution in [0.1, 0.15) is 20.3 Å². The van der Waals surface area contributed by atoms with Crippen LogP contribution in [0.5, 0.6) is 0 Å². The third-order valence-electron chi connectivity index (χ3n) is 2.98. The summed E-state index contributed by atoms with van der Waals surface area (Å²) in [5.74, 6) is -2.47. The minimum absolute atomic E-state index is 0.411. The van der Waals surface area contributed by atoms with Crippen molar-refractivity contribution in [3.63, 3.8) is 0 Å². The monoisotopic (exact) mass is 283 g/mol. The van der Waals surface area contributed by atoms with Gasteiger partial charge in [0.05, 0.1) is 25.6 Å². The molecule has 1 heterocycles. The van der Waals surface area contributed by atoms with E-state index in [1.165, 1.54) is 0 Å². The molecule has 0 spiro atoms. The highest BCUT2D eigenvalue weighted by Crippen LogP contribution is 2.28. The van der Waals surface area contributed by atoms with Crippen LogP contribution in [0, 0.1) is 5.92 Å². The van der Waals surface area contributed by atoms with Crippen LogP contribution in [0.25, 0.3) is 0 Å². The van der Waals surface area contributed by atoms with Gasteiger partial charge in [0.1, 0.15) is 6.10 Å². The average Bonchev–Trinajstić information content (AvgIpc) is 2.28. The fourth-order valence-corrected chi connectivity index (χ4v) is 1.82. The van der Waals surface area contributed by atoms with Crippen LogP contribution in [0.15, 0.2) is 0 Å². The van der Waals surface area contributed by atoms with Crippen molar-refractivity contribution in [3.8, 4) is 0 Å². The highest BCUT2D eigenvalue weighted by molar-refractivity contribution is 5.69. The minimum Gasteiger partial charge on any atom is -0.461 e. The number of ether oxygens (including phenoxy) is 2. The van der Waals surface area contributed by atoms with Crippen LogP contribution in [0.2, 0.25) is 0 Å². The summed E-state index contributed by atoms with van der Waals surface area (Å²) in [6.45, 7) is 5.95. The van der Waals surface area contributed by atoms with Crippen LogP contribution in [-0.4, -0.2) is 56.0 Å². The van der Waals surface area contributed by atoms with E-state index in [1.54, 1.807) is 6.92 Å². The second-order valence-corrected chi connectivity index (χ2v) is 4.86. The van der Waals surface area contributed by atoms with Gasteiger partial charge < -0.3 is 9.47 Å². The molecule has 1 saturated heterocycles. The summed E-state index contributed by atoms with van der Waals surface area (Å²) in [5.41, 5.74) is 0. The summed E-state index contributed by atoms with van der Waals surface area (Å²) < 4.78 is 47.0. The van der Waals surface area contributed by atoms with E-state index < -0.39 is 30.6 Å². The number of alkyl halides is 3. The Balaban J connectivity index is 2.27. The molecule has 0 aromatic heterocycles. The van der Waals surface area contributed by atoms with Crippen molar-refractivity contribution in [3.05, 3.63) is 0 Å². The highest BCUT2D eigenvalue weighted by atomic mass is 19.4. The molecule has 0 bridgehead atoms. The van der Waals surface area contributed by atoms with E-state index in [1.807, 2.05) is 0 Å². The quantitative estimate of drug-likeness (QED) is 0.722. The zero-order valence-corrected chi connectivity index (χ0v) is 11.2. The van der Waals surface area contributed by atoms with Crippen LogP contribution < -0.4 is 0 Å². The zero-order chi connectivity index (χ0) is 14.5. The Kier molecular flexibility index (Phi) is 6.06. The molecule has 0 saturated carbocycles. The molecule has 0 radical (unpaired) electrons. The van der Waals surface area contributed by atoms with Gasteiger partial charge in [-0.15, -0.1) is 0 Å². The molecular weight excluding hydrogens is 263 g/mol. The van der Waals surface area contributed by atoms with Crippen LogP contribution >= 0.6 is 0 Å². The highest BCUT2D eigenvalue weighted by Gasteiger charge is 2.37. The number of morpholine rings is 1. The molecule has 2 atom stereocenters. The predicted molar refractivity (Wildman–Crippen MR) is 62.6 cm³/mol. The fourth-order valence-electron chi connectivity index (χ4n) is 1.82. The first kappa shape index (κ1) is 16.2. The van der Waals surface area contributed by atoms with Gasteiger partial charge in [-0.25, -0.2) is 0 Å². The lowest BCUT2D eigenvalue weighted by Crippen LogP contribution is -2.41. The summed E-state index contributed by atoms with van der Waals surface area (Å²) in [5, 5.41) is 0. The predicted octanol–water partition coefficient (Wildman–Crippen LogP) is 1.84. The molecule has 1 fully saturated rings. The molecule has 19 heavy (non-hydrogen) atoms. The lowest BCUT2D eigenvalue weighted by atomic mass is 10.1. The molecule has 2 unspecified atom stereocenters. The first-order chi connectivity index (χ1) is 8.79. The third kappa shape index (κ3) is 6.24. The number of hydrogen-bond acceptors (Lipinski definition) is 4. The van der Waals surface area contributed by atoms with Gasteiger partial charge in [0.25, 0.3) is 0 Å². The molecule has 4 nitrogen and oxygen atoms in total. The van der Waals surface area contributed by atoms with Crippen molar-refractivity contribution >= 4 is 5.97 Å². The molecule has 7 heteroatoms. The maximum Gasteiger partial charge on any atom is 0.392 e. The van der Waals surface area contributed by atoms with Crippen molar-refractivity contribution in [2.45, 2.75) is 32.5 Å². The molecule has 112 valence electrons. The smallest absolute Gasteiger partial charge is 0.392 e. The van der Waals surface area contributed by atoms with Gasteiger partial charge in [-0.1, -0.05) is 6.92 Å². The van der Waals surface area contributed by atoms with Crippen LogP contribution in [-0.2, 0) is 14.3 Å². The Morgan fingerprint density at radius 3 is 2.42 bits per heavy atom. The van der Waals surface area contributed by atoms with Crippen molar-refractivity contribution in [1.29, 1.82) is 0 Å². The number of hydrogen-bond donors (Lipinski definition) is 0. The number of carbonyl (C=O) groups is 1. The topological polar surface area (TPSA) is 38.8 Å². The average molecular weight is 283 g/mol. The molecule has 1 aliphatic heterocycles. The van der Waals surface area contributed by atoms with E-state index in [2.05, 4.69) is 4.90 Å². The molecule has 0 aliphatic carbocycles. The molecule has 0 aromatic rings. The van der Waals surface area contributed by atoms with Crippen molar-refractivity contribution < 1.29 is 27.4 Å². The van der Waals surface area contributed by atoms with Gasteiger partial charge in [-0.3, -0.25) is 9.69 Å². The number of carbonyl (C=O) groups excluding carboxylic acids is 1. The largest absolute Gasteiger partial charge is 0.461 e. The maximum absolute atomic E-state index is 12.3. The van der Waals surface area contributed by atoms with Crippen LogP contribution in [0.3, 0.4) is 0 Å². The minimum atomic E-state index is -4.35. The van der Waals surface area contributed by atoms with E-state index in [0.717, 1.165) is 20.0 Å². The summed E-state index contributed by atoms with van der Waals surface area (Å²) in [7, 11) is 0. The van der Waals surface area contributed by atoms with E-state index >= 15 is 0 Å². The summed E-state index contributed by atoms with van der Waals surface area (Å²) >= 11 is 0. The summed E-state index contributed by atoms with van der Waals surface area (Å²) in [6.07, 6.45) is -5.39. The van der Waals surface area contributed by atoms with Crippen molar-refractivity contribution in [1.82, 2.24) is 4.90 Å². The summed E-state index contributed by atoms with van der Waals surface area (Å²) in [6, 6.07) is 0. The van der Waals surface area contributed by atoms with Gasteiger partial charge in [0.15, 0.2) is 0 Å². The molecule has 0 amide bonds. The molecule has 0 aromatic carbocycles. The number of rotatable bonds is 5. The lowest BCUT2D eigenvalue weighted by Gasteiger charge is -2.29. The lowest BCUT2D eigenvalue weighted by molar-refractivity contribution is -0.182. The second-order valence-electron chi connectivity index (χ2n) is 4.86. The number of halogens is 3. The first-order valence-electron chi connectivity index (χ1n) is 6.35. The molecule has 1 aliphatic rings. The van der Waals surface area contributed by atoms with E-state index in [9.17, 15) is 18.0 Å². The Hall–Kier alpha value is -0.820. The molecular formula is C12H20F3NO3. The number of esters is 1. The molecule has 0 N–H and O–H groups in total. The van der Waals surface area contributed by atoms with Gasteiger partial charge in [0, 0.05) is 19.6 Å². The fraction of sp³-hybridized carbons (Fsp3) is 0.917. The SMILES string of the molecule is CC(CN1CCOCC1)OC(=O)CC(C)C(F)(F)F. The third-order valence-corrected chi connectivity index (χ3v) is 2.98. The Bertz CT molecular complexity index is 290. The standard InChI is InChI=1S/C12H20F3NO3/c1-9(12(13,14)15)7-11(17)19-10(2)8-16-3-5-18-6-4-16/h9-10H,3-8H2,1-2H3. The van der Waals surface area contributed by atoms with Gasteiger partial charge in [-0.05, 0) is 6.92 Å². The van der Waals surface area contributed by atoms with Crippen molar-refractivity contribution in [2.75, 3.05) is 32.8 Å². The van der Waals surface area contributed by atoms with Crippen LogP contribution in [0.4, 0.5) is 13.2 Å². The van der Waals surface area contributed by atoms with E-state index in [4.69, 9.17) is 9.47 Å². The Morgan fingerprint density at radius 1 is 1.32 bits per heavy atom. The van der Waals surface area contributed by atoms with Gasteiger partial charge >= 0.3 is 12.1 Å². The van der Waals surface area contributed by atoms with Gasteiger partial charge in [-0.2, -0.15) is 13.2 Å². The van der Waals surface area contributed by atoms with E-state index in [0.29, 0.717) is 19.8 Å². The first-order valence-corrected chi connectivity index (χ1v) is 6.35. The molecule has 1 rings (SSSR count). The number of nitrogens with zero attached hydrogens (tertiary/aromatic N) is 1. The normalized spacial score (nSPS) is 20.9. The Labute approximate surface area is 110 Å². The van der Waals surface area contributed by atoms with Crippen molar-refractivity contribution in [2.24, 2.45) is 5.92 Å². The van der Waals surface area contributed by atoms with Gasteiger partial charge in [0.2, 0.25) is 0 Å².